The third-order valence-corrected chi connectivity index (χ3v) is 4.19. The van der Waals surface area contributed by atoms with Gasteiger partial charge in [0.15, 0.2) is 0 Å². The number of nitrogens with zero attached hydrogens (tertiary/aromatic N) is 2. The smallest absolute Gasteiger partial charge is 0.306 e. The van der Waals surface area contributed by atoms with Crippen LogP contribution in [0.3, 0.4) is 0 Å². The predicted octanol–water partition coefficient (Wildman–Crippen LogP) is 0.955. The summed E-state index contributed by atoms with van der Waals surface area (Å²) in [7, 11) is 0. The number of carboxylic acids is 1. The van der Waals surface area contributed by atoms with Gasteiger partial charge in [0, 0.05) is 26.2 Å². The molecule has 0 aliphatic carbocycles. The molecule has 0 bridgehead atoms. The van der Waals surface area contributed by atoms with E-state index in [4.69, 9.17) is 9.84 Å². The monoisotopic (exact) mass is 298 g/mol. The van der Waals surface area contributed by atoms with Gasteiger partial charge in [-0.25, -0.2) is 0 Å². The molecule has 1 amide bonds. The molecule has 0 spiro atoms. The number of morpholine rings is 1. The number of carbonyl (C=O) groups is 2. The minimum atomic E-state index is -0.850. The van der Waals surface area contributed by atoms with Crippen LogP contribution in [0.4, 0.5) is 0 Å². The molecule has 0 aromatic rings. The summed E-state index contributed by atoms with van der Waals surface area (Å²) < 4.78 is 5.44. The number of rotatable bonds is 4. The maximum Gasteiger partial charge on any atom is 0.306 e. The standard InChI is InChI=1S/C15H26N2O4/c18-14(17-6-4-2-1-3-5-7-17)12-16-8-9-21-13(11-16)10-15(19)20/h13H,1-12H2,(H,19,20). The van der Waals surface area contributed by atoms with E-state index in [2.05, 4.69) is 0 Å². The van der Waals surface area contributed by atoms with Crippen LogP contribution in [0.25, 0.3) is 0 Å². The van der Waals surface area contributed by atoms with Gasteiger partial charge in [0.1, 0.15) is 0 Å². The Morgan fingerprint density at radius 3 is 2.38 bits per heavy atom. The highest BCUT2D eigenvalue weighted by Crippen LogP contribution is 2.12. The summed E-state index contributed by atoms with van der Waals surface area (Å²) >= 11 is 0. The van der Waals surface area contributed by atoms with Gasteiger partial charge < -0.3 is 14.7 Å². The fraction of sp³-hybridized carbons (Fsp3) is 0.867. The van der Waals surface area contributed by atoms with Gasteiger partial charge in [0.2, 0.25) is 5.91 Å². The van der Waals surface area contributed by atoms with E-state index in [0.717, 1.165) is 25.9 Å². The lowest BCUT2D eigenvalue weighted by Gasteiger charge is -2.33. The normalized spacial score (nSPS) is 25.1. The van der Waals surface area contributed by atoms with Gasteiger partial charge in [-0.15, -0.1) is 0 Å². The highest BCUT2D eigenvalue weighted by molar-refractivity contribution is 5.78. The van der Waals surface area contributed by atoms with Crippen molar-refractivity contribution in [1.29, 1.82) is 0 Å². The minimum absolute atomic E-state index is 0.00834. The fourth-order valence-electron chi connectivity index (χ4n) is 3.03. The van der Waals surface area contributed by atoms with Crippen LogP contribution >= 0.6 is 0 Å². The van der Waals surface area contributed by atoms with Crippen LogP contribution < -0.4 is 0 Å². The molecule has 6 nitrogen and oxygen atoms in total. The van der Waals surface area contributed by atoms with Crippen molar-refractivity contribution in [2.24, 2.45) is 0 Å². The fourth-order valence-corrected chi connectivity index (χ4v) is 3.03. The first-order valence-corrected chi connectivity index (χ1v) is 7.98. The molecule has 21 heavy (non-hydrogen) atoms. The molecule has 0 saturated carbocycles. The lowest BCUT2D eigenvalue weighted by atomic mass is 10.1. The van der Waals surface area contributed by atoms with E-state index in [1.807, 2.05) is 9.80 Å². The van der Waals surface area contributed by atoms with Crippen molar-refractivity contribution >= 4 is 11.9 Å². The van der Waals surface area contributed by atoms with Crippen molar-refractivity contribution in [3.05, 3.63) is 0 Å². The average Bonchev–Trinajstić information content (AvgIpc) is 2.37. The zero-order valence-electron chi connectivity index (χ0n) is 12.6. The first-order chi connectivity index (χ1) is 10.1. The van der Waals surface area contributed by atoms with E-state index < -0.39 is 5.97 Å². The van der Waals surface area contributed by atoms with Crippen LogP contribution in [-0.4, -0.2) is 72.2 Å². The van der Waals surface area contributed by atoms with E-state index in [9.17, 15) is 9.59 Å². The zero-order chi connectivity index (χ0) is 15.1. The molecule has 0 radical (unpaired) electrons. The largest absolute Gasteiger partial charge is 0.481 e. The number of carboxylic acid groups (broad SMARTS) is 1. The molecular weight excluding hydrogens is 272 g/mol. The summed E-state index contributed by atoms with van der Waals surface area (Å²) in [4.78, 5) is 27.1. The first kappa shape index (κ1) is 16.2. The molecule has 1 N–H and O–H groups in total. The number of likely N-dealkylation sites (tertiary alicyclic amines) is 1. The number of amides is 1. The highest BCUT2D eigenvalue weighted by Gasteiger charge is 2.25. The molecular formula is C15H26N2O4. The number of hydrogen-bond acceptors (Lipinski definition) is 4. The number of carbonyl (C=O) groups excluding carboxylic acids is 1. The summed E-state index contributed by atoms with van der Waals surface area (Å²) in [5, 5.41) is 8.82. The lowest BCUT2D eigenvalue weighted by Crippen LogP contribution is -2.48. The maximum absolute atomic E-state index is 12.4. The summed E-state index contributed by atoms with van der Waals surface area (Å²) in [6.45, 7) is 3.86. The van der Waals surface area contributed by atoms with Crippen molar-refractivity contribution < 1.29 is 19.4 Å². The van der Waals surface area contributed by atoms with Gasteiger partial charge >= 0.3 is 5.97 Å². The summed E-state index contributed by atoms with van der Waals surface area (Å²) in [5.41, 5.74) is 0. The second-order valence-corrected chi connectivity index (χ2v) is 5.97. The van der Waals surface area contributed by atoms with Gasteiger partial charge in [0.25, 0.3) is 0 Å². The van der Waals surface area contributed by atoms with Gasteiger partial charge in [-0.2, -0.15) is 0 Å². The number of hydrogen-bond donors (Lipinski definition) is 1. The molecule has 6 heteroatoms. The lowest BCUT2D eigenvalue weighted by molar-refractivity contribution is -0.142. The number of ether oxygens (including phenoxy) is 1. The molecule has 0 aromatic heterocycles. The topological polar surface area (TPSA) is 70.1 Å². The van der Waals surface area contributed by atoms with Gasteiger partial charge in [-0.05, 0) is 12.8 Å². The van der Waals surface area contributed by atoms with Gasteiger partial charge in [0.05, 0.1) is 25.7 Å². The Kier molecular flexibility index (Phi) is 6.45. The van der Waals surface area contributed by atoms with Crippen LogP contribution in [0.15, 0.2) is 0 Å². The predicted molar refractivity (Wildman–Crippen MR) is 78.1 cm³/mol. The molecule has 2 heterocycles. The first-order valence-electron chi connectivity index (χ1n) is 7.98. The van der Waals surface area contributed by atoms with Crippen LogP contribution in [-0.2, 0) is 14.3 Å². The van der Waals surface area contributed by atoms with E-state index in [-0.39, 0.29) is 18.4 Å². The van der Waals surface area contributed by atoms with Crippen molar-refractivity contribution in [2.75, 3.05) is 39.3 Å². The minimum Gasteiger partial charge on any atom is -0.481 e. The Labute approximate surface area is 126 Å². The molecule has 2 aliphatic heterocycles. The van der Waals surface area contributed by atoms with E-state index in [1.54, 1.807) is 0 Å². The van der Waals surface area contributed by atoms with E-state index in [1.165, 1.54) is 19.3 Å². The molecule has 120 valence electrons. The summed E-state index contributed by atoms with van der Waals surface area (Å²) in [5.74, 6) is -0.676. The third kappa shape index (κ3) is 5.63. The molecule has 1 atom stereocenters. The Bertz CT molecular complexity index is 354. The van der Waals surface area contributed by atoms with Crippen LogP contribution in [0.5, 0.6) is 0 Å². The molecule has 2 aliphatic rings. The van der Waals surface area contributed by atoms with Crippen LogP contribution in [0.2, 0.25) is 0 Å². The average molecular weight is 298 g/mol. The second-order valence-electron chi connectivity index (χ2n) is 5.97. The van der Waals surface area contributed by atoms with Crippen molar-refractivity contribution in [2.45, 2.75) is 44.6 Å². The van der Waals surface area contributed by atoms with Gasteiger partial charge in [-0.1, -0.05) is 19.3 Å². The summed E-state index contributed by atoms with van der Waals surface area (Å²) in [6, 6.07) is 0. The van der Waals surface area contributed by atoms with Crippen molar-refractivity contribution in [3.8, 4) is 0 Å². The summed E-state index contributed by atoms with van der Waals surface area (Å²) in [6.07, 6.45) is 5.60. The quantitative estimate of drug-likeness (QED) is 0.837. The third-order valence-electron chi connectivity index (χ3n) is 4.19. The van der Waals surface area contributed by atoms with Gasteiger partial charge in [-0.3, -0.25) is 14.5 Å². The Balaban J connectivity index is 1.79. The van der Waals surface area contributed by atoms with E-state index in [0.29, 0.717) is 26.2 Å². The number of aliphatic carboxylic acids is 1. The molecule has 1 unspecified atom stereocenters. The van der Waals surface area contributed by atoms with E-state index >= 15 is 0 Å². The van der Waals surface area contributed by atoms with Crippen LogP contribution in [0.1, 0.15) is 38.5 Å². The second kappa shape index (κ2) is 8.34. The maximum atomic E-state index is 12.4. The Hall–Kier alpha value is -1.14. The highest BCUT2D eigenvalue weighted by atomic mass is 16.5. The zero-order valence-corrected chi connectivity index (χ0v) is 12.6. The van der Waals surface area contributed by atoms with Crippen molar-refractivity contribution in [1.82, 2.24) is 9.80 Å². The Morgan fingerprint density at radius 1 is 1.05 bits per heavy atom. The molecule has 2 rings (SSSR count). The SMILES string of the molecule is O=C(O)CC1CN(CC(=O)N2CCCCCCC2)CCO1. The Morgan fingerprint density at radius 2 is 1.71 bits per heavy atom. The molecule has 0 aromatic carbocycles. The van der Waals surface area contributed by atoms with Crippen molar-refractivity contribution in [3.63, 3.8) is 0 Å². The molecule has 2 fully saturated rings. The van der Waals surface area contributed by atoms with Crippen LogP contribution in [0, 0.1) is 0 Å². The molecule has 2 saturated heterocycles.